The molecule has 1 aromatic carbocycles. The molecule has 5 heteroatoms. The first-order valence-electron chi connectivity index (χ1n) is 7.32. The molecule has 2 atom stereocenters. The molecular formula is C16H20BrN3O. The molecule has 0 spiro atoms. The summed E-state index contributed by atoms with van der Waals surface area (Å²) in [6.07, 6.45) is 5.52. The van der Waals surface area contributed by atoms with Gasteiger partial charge >= 0.3 is 0 Å². The Hall–Kier alpha value is -1.33. The van der Waals surface area contributed by atoms with E-state index in [-0.39, 0.29) is 12.1 Å². The van der Waals surface area contributed by atoms with E-state index < -0.39 is 0 Å². The highest BCUT2D eigenvalue weighted by molar-refractivity contribution is 9.10. The summed E-state index contributed by atoms with van der Waals surface area (Å²) in [6.45, 7) is 0. The summed E-state index contributed by atoms with van der Waals surface area (Å²) in [5, 5.41) is 11.3. The van der Waals surface area contributed by atoms with Crippen molar-refractivity contribution in [3.05, 3.63) is 28.9 Å². The van der Waals surface area contributed by atoms with Crippen molar-refractivity contribution < 1.29 is 5.11 Å². The molecule has 2 unspecified atom stereocenters. The van der Waals surface area contributed by atoms with Crippen molar-refractivity contribution in [2.24, 2.45) is 0 Å². The van der Waals surface area contributed by atoms with E-state index >= 15 is 0 Å². The molecule has 21 heavy (non-hydrogen) atoms. The SMILES string of the molecule is CN(c1c(N)cnc2ccc(Br)cc12)C1CCCCC1O. The molecule has 112 valence electrons. The molecule has 0 amide bonds. The van der Waals surface area contributed by atoms with Crippen molar-refractivity contribution in [2.45, 2.75) is 37.8 Å². The third-order valence-electron chi connectivity index (χ3n) is 4.37. The number of halogens is 1. The largest absolute Gasteiger partial charge is 0.396 e. The van der Waals surface area contributed by atoms with Gasteiger partial charge in [-0.3, -0.25) is 4.98 Å². The fourth-order valence-electron chi connectivity index (χ4n) is 3.27. The second kappa shape index (κ2) is 5.81. The Labute approximate surface area is 133 Å². The number of aromatic nitrogens is 1. The van der Waals surface area contributed by atoms with E-state index in [1.807, 2.05) is 25.2 Å². The molecular weight excluding hydrogens is 330 g/mol. The Bertz CT molecular complexity index is 656. The second-order valence-corrected chi connectivity index (χ2v) is 6.67. The van der Waals surface area contributed by atoms with Crippen molar-refractivity contribution in [1.82, 2.24) is 4.98 Å². The number of hydrogen-bond donors (Lipinski definition) is 2. The highest BCUT2D eigenvalue weighted by Gasteiger charge is 2.28. The van der Waals surface area contributed by atoms with Gasteiger partial charge in [-0.15, -0.1) is 0 Å². The molecule has 1 fully saturated rings. The summed E-state index contributed by atoms with van der Waals surface area (Å²) < 4.78 is 1.00. The molecule has 1 aliphatic rings. The van der Waals surface area contributed by atoms with E-state index in [0.29, 0.717) is 5.69 Å². The smallest absolute Gasteiger partial charge is 0.0745 e. The first-order valence-corrected chi connectivity index (χ1v) is 8.12. The van der Waals surface area contributed by atoms with Crippen LogP contribution < -0.4 is 10.6 Å². The maximum absolute atomic E-state index is 10.3. The predicted octanol–water partition coefficient (Wildman–Crippen LogP) is 3.32. The molecule has 4 nitrogen and oxygen atoms in total. The van der Waals surface area contributed by atoms with Crippen molar-refractivity contribution in [3.63, 3.8) is 0 Å². The van der Waals surface area contributed by atoms with Crippen molar-refractivity contribution in [1.29, 1.82) is 0 Å². The summed E-state index contributed by atoms with van der Waals surface area (Å²) in [7, 11) is 2.02. The Balaban J connectivity index is 2.09. The first-order chi connectivity index (χ1) is 10.1. The maximum atomic E-state index is 10.3. The Morgan fingerprint density at radius 3 is 2.86 bits per heavy atom. The summed E-state index contributed by atoms with van der Waals surface area (Å²) >= 11 is 3.51. The van der Waals surface area contributed by atoms with Crippen molar-refractivity contribution in [3.8, 4) is 0 Å². The van der Waals surface area contributed by atoms with Crippen molar-refractivity contribution in [2.75, 3.05) is 17.7 Å². The van der Waals surface area contributed by atoms with E-state index in [2.05, 4.69) is 25.8 Å². The minimum Gasteiger partial charge on any atom is -0.396 e. The summed E-state index contributed by atoms with van der Waals surface area (Å²) in [5.41, 5.74) is 8.72. The quantitative estimate of drug-likeness (QED) is 0.872. The molecule has 1 saturated carbocycles. The van der Waals surface area contributed by atoms with Gasteiger partial charge in [-0.1, -0.05) is 28.8 Å². The normalized spacial score (nSPS) is 22.4. The third-order valence-corrected chi connectivity index (χ3v) is 4.87. The molecule has 2 aromatic rings. The highest BCUT2D eigenvalue weighted by Crippen LogP contribution is 2.36. The molecule has 0 radical (unpaired) electrons. The van der Waals surface area contributed by atoms with E-state index in [0.717, 1.165) is 46.7 Å². The van der Waals surface area contributed by atoms with Crippen LogP contribution in [-0.2, 0) is 0 Å². The van der Waals surface area contributed by atoms with Gasteiger partial charge < -0.3 is 15.7 Å². The average molecular weight is 350 g/mol. The lowest BCUT2D eigenvalue weighted by Crippen LogP contribution is -2.43. The van der Waals surface area contributed by atoms with E-state index in [1.165, 1.54) is 0 Å². The van der Waals surface area contributed by atoms with Crippen LogP contribution in [0.3, 0.4) is 0 Å². The Morgan fingerprint density at radius 1 is 1.33 bits per heavy atom. The molecule has 0 aliphatic heterocycles. The number of nitrogen functional groups attached to an aromatic ring is 1. The standard InChI is InChI=1S/C16H20BrN3O/c1-20(14-4-2-3-5-15(14)21)16-11-8-10(17)6-7-13(11)19-9-12(16)18/h6-9,14-15,21H,2-5,18H2,1H3. The number of hydrogen-bond acceptors (Lipinski definition) is 4. The lowest BCUT2D eigenvalue weighted by molar-refractivity contribution is 0.106. The number of aliphatic hydroxyl groups excluding tert-OH is 1. The molecule has 3 N–H and O–H groups in total. The number of fused-ring (bicyclic) bond motifs is 1. The average Bonchev–Trinajstić information content (AvgIpc) is 2.47. The number of nitrogens with zero attached hydrogens (tertiary/aromatic N) is 2. The Morgan fingerprint density at radius 2 is 2.10 bits per heavy atom. The van der Waals surface area contributed by atoms with Crippen LogP contribution in [0.4, 0.5) is 11.4 Å². The van der Waals surface area contributed by atoms with Crippen LogP contribution in [0, 0.1) is 0 Å². The van der Waals surface area contributed by atoms with Crippen LogP contribution in [0.25, 0.3) is 10.9 Å². The van der Waals surface area contributed by atoms with Gasteiger partial charge in [0.1, 0.15) is 0 Å². The molecule has 0 bridgehead atoms. The molecule has 1 aromatic heterocycles. The van der Waals surface area contributed by atoms with Gasteiger partial charge in [-0.25, -0.2) is 0 Å². The summed E-state index contributed by atoms with van der Waals surface area (Å²) in [4.78, 5) is 6.53. The van der Waals surface area contributed by atoms with Crippen LogP contribution in [0.1, 0.15) is 25.7 Å². The Kier molecular flexibility index (Phi) is 4.04. The number of anilines is 2. The lowest BCUT2D eigenvalue weighted by atomic mass is 9.91. The molecule has 0 saturated heterocycles. The van der Waals surface area contributed by atoms with Crippen LogP contribution in [0.15, 0.2) is 28.9 Å². The van der Waals surface area contributed by atoms with Gasteiger partial charge in [0.25, 0.3) is 0 Å². The van der Waals surface area contributed by atoms with E-state index in [4.69, 9.17) is 5.73 Å². The number of rotatable bonds is 2. The topological polar surface area (TPSA) is 62.4 Å². The van der Waals surface area contributed by atoms with Crippen molar-refractivity contribution >= 4 is 38.2 Å². The molecule has 1 aliphatic carbocycles. The lowest BCUT2D eigenvalue weighted by Gasteiger charge is -2.37. The van der Waals surface area contributed by atoms with Crippen LogP contribution in [-0.4, -0.2) is 29.3 Å². The number of benzene rings is 1. The monoisotopic (exact) mass is 349 g/mol. The zero-order valence-corrected chi connectivity index (χ0v) is 13.7. The zero-order chi connectivity index (χ0) is 15.0. The minimum absolute atomic E-state index is 0.116. The van der Waals surface area contributed by atoms with Gasteiger partial charge in [-0.05, 0) is 31.0 Å². The summed E-state index contributed by atoms with van der Waals surface area (Å²) in [6, 6.07) is 6.11. The third kappa shape index (κ3) is 2.72. The molecule has 3 rings (SSSR count). The van der Waals surface area contributed by atoms with Crippen LogP contribution in [0.5, 0.6) is 0 Å². The van der Waals surface area contributed by atoms with E-state index in [1.54, 1.807) is 6.20 Å². The van der Waals surface area contributed by atoms with Gasteiger partial charge in [0.05, 0.1) is 35.2 Å². The summed E-state index contributed by atoms with van der Waals surface area (Å²) in [5.74, 6) is 0. The van der Waals surface area contributed by atoms with Gasteiger partial charge in [0.2, 0.25) is 0 Å². The second-order valence-electron chi connectivity index (χ2n) is 5.75. The fourth-order valence-corrected chi connectivity index (χ4v) is 3.63. The number of likely N-dealkylation sites (N-methyl/N-ethyl adjacent to an activating group) is 1. The number of nitrogens with two attached hydrogens (primary N) is 1. The number of aliphatic hydroxyl groups is 1. The predicted molar refractivity (Wildman–Crippen MR) is 90.5 cm³/mol. The fraction of sp³-hybridized carbons (Fsp3) is 0.438. The molecule has 1 heterocycles. The first kappa shape index (κ1) is 14.6. The highest BCUT2D eigenvalue weighted by atomic mass is 79.9. The van der Waals surface area contributed by atoms with Crippen LogP contribution in [0.2, 0.25) is 0 Å². The van der Waals surface area contributed by atoms with Gasteiger partial charge in [-0.2, -0.15) is 0 Å². The zero-order valence-electron chi connectivity index (χ0n) is 12.1. The number of pyridine rings is 1. The van der Waals surface area contributed by atoms with Crippen LogP contribution >= 0.6 is 15.9 Å². The van der Waals surface area contributed by atoms with Gasteiger partial charge in [0.15, 0.2) is 0 Å². The van der Waals surface area contributed by atoms with E-state index in [9.17, 15) is 5.11 Å². The van der Waals surface area contributed by atoms with Gasteiger partial charge in [0, 0.05) is 16.9 Å². The maximum Gasteiger partial charge on any atom is 0.0745 e. The minimum atomic E-state index is -0.293.